The van der Waals surface area contributed by atoms with Crippen LogP contribution in [0.2, 0.25) is 0 Å². The smallest absolute Gasteiger partial charge is 0.231 e. The van der Waals surface area contributed by atoms with Crippen LogP contribution in [0.25, 0.3) is 0 Å². The number of rotatable bonds is 4. The fraction of sp³-hybridized carbons (Fsp3) is 0.600. The molecule has 0 bridgehead atoms. The average Bonchev–Trinajstić information content (AvgIpc) is 3.09. The van der Waals surface area contributed by atoms with Crippen molar-refractivity contribution in [3.8, 4) is 11.5 Å². The minimum Gasteiger partial charge on any atom is -0.454 e. The van der Waals surface area contributed by atoms with Crippen LogP contribution in [0.3, 0.4) is 0 Å². The molecule has 0 amide bonds. The highest BCUT2D eigenvalue weighted by molar-refractivity contribution is 5.45. The molecule has 3 rings (SSSR count). The lowest BCUT2D eigenvalue weighted by Gasteiger charge is -2.26. The Labute approximate surface area is 113 Å². The lowest BCUT2D eigenvalue weighted by molar-refractivity contribution is 0.105. The van der Waals surface area contributed by atoms with E-state index in [2.05, 4.69) is 11.9 Å². The first-order chi connectivity index (χ1) is 9.24. The van der Waals surface area contributed by atoms with Crippen molar-refractivity contribution in [2.75, 3.05) is 20.4 Å². The number of aliphatic hydroxyl groups excluding tert-OH is 1. The molecule has 1 aromatic rings. The first-order valence-corrected chi connectivity index (χ1v) is 7.02. The van der Waals surface area contributed by atoms with Gasteiger partial charge >= 0.3 is 0 Å². The second-order valence-electron chi connectivity index (χ2n) is 5.51. The van der Waals surface area contributed by atoms with Crippen molar-refractivity contribution in [1.29, 1.82) is 0 Å². The highest BCUT2D eigenvalue weighted by Crippen LogP contribution is 2.34. The summed E-state index contributed by atoms with van der Waals surface area (Å²) in [7, 11) is 2.10. The molecule has 0 spiro atoms. The molecular weight excluding hydrogens is 242 g/mol. The summed E-state index contributed by atoms with van der Waals surface area (Å²) in [4.78, 5) is 2.28. The van der Waals surface area contributed by atoms with Gasteiger partial charge in [-0.1, -0.05) is 18.9 Å². The fourth-order valence-electron chi connectivity index (χ4n) is 2.99. The van der Waals surface area contributed by atoms with Gasteiger partial charge in [-0.3, -0.25) is 0 Å². The molecular formula is C15H21NO3. The van der Waals surface area contributed by atoms with Crippen LogP contribution in [0.15, 0.2) is 18.2 Å². The molecule has 1 N–H and O–H groups in total. The summed E-state index contributed by atoms with van der Waals surface area (Å²) in [6, 6.07) is 6.30. The van der Waals surface area contributed by atoms with Crippen molar-refractivity contribution < 1.29 is 14.6 Å². The molecule has 0 aromatic heterocycles. The third-order valence-corrected chi connectivity index (χ3v) is 4.19. The van der Waals surface area contributed by atoms with Crippen LogP contribution in [0.1, 0.15) is 37.4 Å². The zero-order valence-corrected chi connectivity index (χ0v) is 11.3. The van der Waals surface area contributed by atoms with Crippen LogP contribution in [0, 0.1) is 0 Å². The molecule has 4 heteroatoms. The highest BCUT2D eigenvalue weighted by atomic mass is 16.7. The number of aliphatic hydroxyl groups is 1. The van der Waals surface area contributed by atoms with E-state index < -0.39 is 6.10 Å². The fourth-order valence-corrected chi connectivity index (χ4v) is 2.99. The molecule has 1 aliphatic carbocycles. The molecule has 19 heavy (non-hydrogen) atoms. The third-order valence-electron chi connectivity index (χ3n) is 4.19. The minimum absolute atomic E-state index is 0.275. The van der Waals surface area contributed by atoms with Gasteiger partial charge in [-0.25, -0.2) is 0 Å². The van der Waals surface area contributed by atoms with Gasteiger partial charge in [0.1, 0.15) is 0 Å². The second-order valence-corrected chi connectivity index (χ2v) is 5.51. The number of hydrogen-bond donors (Lipinski definition) is 1. The topological polar surface area (TPSA) is 41.9 Å². The SMILES string of the molecule is CN(CC(O)c1ccc2c(c1)OCO2)C1CCCC1. The van der Waals surface area contributed by atoms with E-state index in [1.807, 2.05) is 18.2 Å². The number of ether oxygens (including phenoxy) is 2. The van der Waals surface area contributed by atoms with Crippen molar-refractivity contribution in [2.24, 2.45) is 0 Å². The number of benzene rings is 1. The van der Waals surface area contributed by atoms with Gasteiger partial charge in [-0.2, -0.15) is 0 Å². The standard InChI is InChI=1S/C15H21NO3/c1-16(12-4-2-3-5-12)9-13(17)11-6-7-14-15(8-11)19-10-18-14/h6-8,12-13,17H,2-5,9-10H2,1H3. The van der Waals surface area contributed by atoms with E-state index >= 15 is 0 Å². The van der Waals surface area contributed by atoms with E-state index in [0.29, 0.717) is 12.6 Å². The van der Waals surface area contributed by atoms with Gasteiger partial charge in [0.25, 0.3) is 0 Å². The zero-order valence-electron chi connectivity index (χ0n) is 11.3. The lowest BCUT2D eigenvalue weighted by atomic mass is 10.1. The van der Waals surface area contributed by atoms with E-state index in [1.165, 1.54) is 25.7 Å². The second kappa shape index (κ2) is 5.39. The van der Waals surface area contributed by atoms with Crippen molar-refractivity contribution in [1.82, 2.24) is 4.90 Å². The Hall–Kier alpha value is -1.26. The predicted molar refractivity (Wildman–Crippen MR) is 72.4 cm³/mol. The molecule has 0 radical (unpaired) electrons. The first-order valence-electron chi connectivity index (χ1n) is 7.02. The summed E-state index contributed by atoms with van der Waals surface area (Å²) >= 11 is 0. The predicted octanol–water partition coefficient (Wildman–Crippen LogP) is 2.32. The van der Waals surface area contributed by atoms with E-state index in [1.54, 1.807) is 0 Å². The summed E-state index contributed by atoms with van der Waals surface area (Å²) in [5.41, 5.74) is 0.897. The quantitative estimate of drug-likeness (QED) is 0.905. The Bertz CT molecular complexity index is 443. The van der Waals surface area contributed by atoms with Gasteiger partial charge in [0.2, 0.25) is 6.79 Å². The number of likely N-dealkylation sites (N-methyl/N-ethyl adjacent to an activating group) is 1. The molecule has 4 nitrogen and oxygen atoms in total. The van der Waals surface area contributed by atoms with Crippen LogP contribution >= 0.6 is 0 Å². The Morgan fingerprint density at radius 3 is 2.79 bits per heavy atom. The minimum atomic E-state index is -0.472. The lowest BCUT2D eigenvalue weighted by Crippen LogP contribution is -2.33. The van der Waals surface area contributed by atoms with Gasteiger partial charge in [-0.15, -0.1) is 0 Å². The third kappa shape index (κ3) is 2.69. The van der Waals surface area contributed by atoms with E-state index in [0.717, 1.165) is 17.1 Å². The largest absolute Gasteiger partial charge is 0.454 e. The van der Waals surface area contributed by atoms with E-state index in [9.17, 15) is 5.11 Å². The van der Waals surface area contributed by atoms with Crippen LogP contribution in [0.4, 0.5) is 0 Å². The van der Waals surface area contributed by atoms with Crippen LogP contribution in [-0.2, 0) is 0 Å². The maximum atomic E-state index is 10.3. The molecule has 2 aliphatic rings. The van der Waals surface area contributed by atoms with Gasteiger partial charge in [0.15, 0.2) is 11.5 Å². The molecule has 1 atom stereocenters. The molecule has 1 fully saturated rings. The van der Waals surface area contributed by atoms with Crippen LogP contribution in [0.5, 0.6) is 11.5 Å². The zero-order chi connectivity index (χ0) is 13.2. The number of nitrogens with zero attached hydrogens (tertiary/aromatic N) is 1. The van der Waals surface area contributed by atoms with Crippen molar-refractivity contribution in [3.05, 3.63) is 23.8 Å². The van der Waals surface area contributed by atoms with Gasteiger partial charge < -0.3 is 19.5 Å². The number of hydrogen-bond acceptors (Lipinski definition) is 4. The summed E-state index contributed by atoms with van der Waals surface area (Å²) < 4.78 is 10.6. The molecule has 1 aromatic carbocycles. The Morgan fingerprint density at radius 1 is 1.26 bits per heavy atom. The van der Waals surface area contributed by atoms with Crippen LogP contribution in [-0.4, -0.2) is 36.4 Å². The molecule has 0 saturated heterocycles. The van der Waals surface area contributed by atoms with E-state index in [-0.39, 0.29) is 6.79 Å². The van der Waals surface area contributed by atoms with Crippen LogP contribution < -0.4 is 9.47 Å². The summed E-state index contributed by atoms with van der Waals surface area (Å²) in [6.07, 6.45) is 4.67. The first kappa shape index (κ1) is 12.8. The summed E-state index contributed by atoms with van der Waals surface area (Å²) in [6.45, 7) is 0.946. The van der Waals surface area contributed by atoms with Gasteiger partial charge in [-0.05, 0) is 37.6 Å². The van der Waals surface area contributed by atoms with Gasteiger partial charge in [0.05, 0.1) is 6.10 Å². The maximum Gasteiger partial charge on any atom is 0.231 e. The summed E-state index contributed by atoms with van der Waals surface area (Å²) in [5, 5.41) is 10.3. The summed E-state index contributed by atoms with van der Waals surface area (Å²) in [5.74, 6) is 1.50. The molecule has 1 aliphatic heterocycles. The normalized spacial score (nSPS) is 20.2. The Morgan fingerprint density at radius 2 is 2.00 bits per heavy atom. The Balaban J connectivity index is 1.64. The molecule has 1 heterocycles. The average molecular weight is 263 g/mol. The maximum absolute atomic E-state index is 10.3. The van der Waals surface area contributed by atoms with E-state index in [4.69, 9.17) is 9.47 Å². The van der Waals surface area contributed by atoms with Crippen molar-refractivity contribution in [3.63, 3.8) is 0 Å². The molecule has 104 valence electrons. The highest BCUT2D eigenvalue weighted by Gasteiger charge is 2.23. The molecule has 1 saturated carbocycles. The Kier molecular flexibility index (Phi) is 3.62. The van der Waals surface area contributed by atoms with Crippen molar-refractivity contribution >= 4 is 0 Å². The molecule has 1 unspecified atom stereocenters. The van der Waals surface area contributed by atoms with Gasteiger partial charge in [0, 0.05) is 12.6 Å². The number of fused-ring (bicyclic) bond motifs is 1. The van der Waals surface area contributed by atoms with Crippen molar-refractivity contribution in [2.45, 2.75) is 37.8 Å². The monoisotopic (exact) mass is 263 g/mol.